The highest BCUT2D eigenvalue weighted by molar-refractivity contribution is 7.08. The van der Waals surface area contributed by atoms with Gasteiger partial charge in [-0.05, 0) is 11.4 Å². The highest BCUT2D eigenvalue weighted by Gasteiger charge is 2.52. The Morgan fingerprint density at radius 1 is 1.36 bits per heavy atom. The van der Waals surface area contributed by atoms with Gasteiger partial charge in [0.25, 0.3) is 5.91 Å². The summed E-state index contributed by atoms with van der Waals surface area (Å²) in [6.45, 7) is 7.87. The smallest absolute Gasteiger partial charge is 0.254 e. The van der Waals surface area contributed by atoms with Gasteiger partial charge >= 0.3 is 0 Å². The lowest BCUT2D eigenvalue weighted by atomic mass is 9.80. The van der Waals surface area contributed by atoms with E-state index < -0.39 is 0 Å². The zero-order valence-corrected chi connectivity index (χ0v) is 13.5. The first-order chi connectivity index (χ1) is 10.8. The maximum atomic E-state index is 12.6. The predicted molar refractivity (Wildman–Crippen MR) is 84.2 cm³/mol. The van der Waals surface area contributed by atoms with E-state index in [2.05, 4.69) is 4.90 Å². The fourth-order valence-corrected chi connectivity index (χ4v) is 4.61. The summed E-state index contributed by atoms with van der Waals surface area (Å²) in [6, 6.07) is 1.92. The molecular weight excluding hydrogens is 300 g/mol. The van der Waals surface area contributed by atoms with Gasteiger partial charge in [0, 0.05) is 49.4 Å². The summed E-state index contributed by atoms with van der Waals surface area (Å²) in [4.78, 5) is 17.1. The van der Waals surface area contributed by atoms with Crippen molar-refractivity contribution in [2.24, 2.45) is 11.3 Å². The highest BCUT2D eigenvalue weighted by Crippen LogP contribution is 2.42. The van der Waals surface area contributed by atoms with Gasteiger partial charge in [0.2, 0.25) is 0 Å². The normalized spacial score (nSPS) is 32.4. The van der Waals surface area contributed by atoms with Gasteiger partial charge in [0.1, 0.15) is 0 Å². The first kappa shape index (κ1) is 14.6. The van der Waals surface area contributed by atoms with Gasteiger partial charge in [0.05, 0.1) is 32.0 Å². The van der Waals surface area contributed by atoms with Crippen molar-refractivity contribution in [3.8, 4) is 0 Å². The average Bonchev–Trinajstić information content (AvgIpc) is 3.22. The van der Waals surface area contributed by atoms with Gasteiger partial charge in [-0.2, -0.15) is 11.3 Å². The van der Waals surface area contributed by atoms with Crippen LogP contribution in [-0.4, -0.2) is 74.9 Å². The molecule has 0 spiro atoms. The Labute approximate surface area is 134 Å². The first-order valence-corrected chi connectivity index (χ1v) is 8.90. The number of ether oxygens (including phenoxy) is 2. The van der Waals surface area contributed by atoms with Crippen LogP contribution in [0.25, 0.3) is 0 Å². The maximum absolute atomic E-state index is 12.6. The molecule has 5 nitrogen and oxygen atoms in total. The number of hydrogen-bond donors (Lipinski definition) is 0. The number of fused-ring (bicyclic) bond motifs is 1. The molecule has 0 unspecified atom stereocenters. The Hall–Kier alpha value is -0.950. The van der Waals surface area contributed by atoms with Crippen LogP contribution in [0.1, 0.15) is 10.4 Å². The summed E-state index contributed by atoms with van der Waals surface area (Å²) >= 11 is 1.58. The van der Waals surface area contributed by atoms with E-state index in [0.29, 0.717) is 5.92 Å². The van der Waals surface area contributed by atoms with Crippen LogP contribution >= 0.6 is 11.3 Å². The summed E-state index contributed by atoms with van der Waals surface area (Å²) < 4.78 is 11.2. The van der Waals surface area contributed by atoms with Gasteiger partial charge in [0.15, 0.2) is 0 Å². The largest absolute Gasteiger partial charge is 0.380 e. The molecule has 4 rings (SSSR count). The Bertz CT molecular complexity index is 530. The van der Waals surface area contributed by atoms with Crippen molar-refractivity contribution in [3.05, 3.63) is 22.4 Å². The summed E-state index contributed by atoms with van der Waals surface area (Å²) in [5, 5.41) is 3.92. The fraction of sp³-hybridized carbons (Fsp3) is 0.688. The van der Waals surface area contributed by atoms with Crippen molar-refractivity contribution in [1.82, 2.24) is 9.80 Å². The second-order valence-electron chi connectivity index (χ2n) is 6.66. The van der Waals surface area contributed by atoms with Crippen LogP contribution in [0.3, 0.4) is 0 Å². The molecule has 2 atom stereocenters. The Morgan fingerprint density at radius 3 is 3.00 bits per heavy atom. The predicted octanol–water partition coefficient (Wildman–Crippen LogP) is 1.17. The van der Waals surface area contributed by atoms with Crippen LogP contribution in [0, 0.1) is 11.3 Å². The Morgan fingerprint density at radius 2 is 2.23 bits per heavy atom. The van der Waals surface area contributed by atoms with E-state index in [1.165, 1.54) is 0 Å². The van der Waals surface area contributed by atoms with Crippen LogP contribution < -0.4 is 0 Å². The third-order valence-electron chi connectivity index (χ3n) is 5.22. The number of likely N-dealkylation sites (tertiary alicyclic amines) is 1. The number of amides is 1. The van der Waals surface area contributed by atoms with Gasteiger partial charge in [-0.25, -0.2) is 0 Å². The highest BCUT2D eigenvalue weighted by atomic mass is 32.1. The van der Waals surface area contributed by atoms with Gasteiger partial charge in [-0.3, -0.25) is 9.69 Å². The van der Waals surface area contributed by atoms with Gasteiger partial charge < -0.3 is 14.4 Å². The minimum atomic E-state index is 0.114. The topological polar surface area (TPSA) is 42.0 Å². The van der Waals surface area contributed by atoms with E-state index in [-0.39, 0.29) is 11.3 Å². The molecule has 0 aliphatic carbocycles. The molecule has 0 aromatic carbocycles. The van der Waals surface area contributed by atoms with Crippen LogP contribution in [0.2, 0.25) is 0 Å². The van der Waals surface area contributed by atoms with Crippen molar-refractivity contribution >= 4 is 17.2 Å². The van der Waals surface area contributed by atoms with Crippen LogP contribution in [-0.2, 0) is 9.47 Å². The molecule has 0 N–H and O–H groups in total. The summed E-state index contributed by atoms with van der Waals surface area (Å²) in [5.41, 5.74) is 0.940. The zero-order chi connectivity index (χ0) is 15.0. The molecule has 4 heterocycles. The minimum absolute atomic E-state index is 0.114. The van der Waals surface area contributed by atoms with E-state index in [1.54, 1.807) is 11.3 Å². The molecule has 6 heteroatoms. The summed E-state index contributed by atoms with van der Waals surface area (Å²) in [5.74, 6) is 0.648. The van der Waals surface area contributed by atoms with Crippen molar-refractivity contribution in [1.29, 1.82) is 0 Å². The third-order valence-corrected chi connectivity index (χ3v) is 5.90. The van der Waals surface area contributed by atoms with Crippen molar-refractivity contribution in [3.63, 3.8) is 0 Å². The van der Waals surface area contributed by atoms with E-state index in [1.807, 2.05) is 21.7 Å². The molecule has 22 heavy (non-hydrogen) atoms. The molecular formula is C16H22N2O3S. The van der Waals surface area contributed by atoms with Gasteiger partial charge in [-0.1, -0.05) is 0 Å². The molecule has 0 bridgehead atoms. The number of nitrogens with zero attached hydrogens (tertiary/aromatic N) is 2. The SMILES string of the molecule is O=C(c1ccsc1)N1C[C@@H]2COC[C@]2(CN2CCOCC2)C1. The lowest BCUT2D eigenvalue weighted by molar-refractivity contribution is 0.0104. The number of hydrogen-bond acceptors (Lipinski definition) is 5. The van der Waals surface area contributed by atoms with Crippen molar-refractivity contribution in [2.75, 3.05) is 59.2 Å². The van der Waals surface area contributed by atoms with Crippen molar-refractivity contribution in [2.45, 2.75) is 0 Å². The van der Waals surface area contributed by atoms with E-state index in [0.717, 1.165) is 64.7 Å². The molecule has 1 aromatic heterocycles. The van der Waals surface area contributed by atoms with E-state index >= 15 is 0 Å². The van der Waals surface area contributed by atoms with Crippen LogP contribution in [0.5, 0.6) is 0 Å². The first-order valence-electron chi connectivity index (χ1n) is 7.96. The quantitative estimate of drug-likeness (QED) is 0.838. The second kappa shape index (κ2) is 5.92. The molecule has 3 saturated heterocycles. The zero-order valence-electron chi connectivity index (χ0n) is 12.7. The standard InChI is InChI=1S/C16H22N2O3S/c19-15(13-1-6-22-9-13)18-7-14-8-21-12-16(14,11-18)10-17-2-4-20-5-3-17/h1,6,9,14H,2-5,7-8,10-12H2/t14-,16+/m1/s1. The summed E-state index contributed by atoms with van der Waals surface area (Å²) in [7, 11) is 0. The summed E-state index contributed by atoms with van der Waals surface area (Å²) in [6.07, 6.45) is 0. The number of carbonyl (C=O) groups is 1. The number of carbonyl (C=O) groups excluding carboxylic acids is 1. The van der Waals surface area contributed by atoms with Crippen molar-refractivity contribution < 1.29 is 14.3 Å². The molecule has 1 aromatic rings. The van der Waals surface area contributed by atoms with Crippen LogP contribution in [0.4, 0.5) is 0 Å². The monoisotopic (exact) mass is 322 g/mol. The number of thiophene rings is 1. The van der Waals surface area contributed by atoms with Gasteiger partial charge in [-0.15, -0.1) is 0 Å². The maximum Gasteiger partial charge on any atom is 0.254 e. The van der Waals surface area contributed by atoms with E-state index in [9.17, 15) is 4.79 Å². The molecule has 120 valence electrons. The molecule has 3 fully saturated rings. The Kier molecular flexibility index (Phi) is 3.94. The number of rotatable bonds is 3. The number of morpholine rings is 1. The second-order valence-corrected chi connectivity index (χ2v) is 7.44. The lowest BCUT2D eigenvalue weighted by Crippen LogP contribution is -2.47. The fourth-order valence-electron chi connectivity index (χ4n) is 3.98. The third kappa shape index (κ3) is 2.58. The average molecular weight is 322 g/mol. The lowest BCUT2D eigenvalue weighted by Gasteiger charge is -2.36. The molecule has 3 aliphatic rings. The molecule has 0 saturated carbocycles. The minimum Gasteiger partial charge on any atom is -0.380 e. The molecule has 1 amide bonds. The van der Waals surface area contributed by atoms with E-state index in [4.69, 9.17) is 9.47 Å². The molecule has 3 aliphatic heterocycles. The molecule has 0 radical (unpaired) electrons. The van der Waals surface area contributed by atoms with Crippen LogP contribution in [0.15, 0.2) is 16.8 Å². The Balaban J connectivity index is 1.48.